The molecule has 0 radical (unpaired) electrons. The van der Waals surface area contributed by atoms with E-state index in [9.17, 15) is 4.39 Å². The first-order chi connectivity index (χ1) is 11.5. The van der Waals surface area contributed by atoms with Crippen molar-refractivity contribution in [3.8, 4) is 5.75 Å². The molecule has 2 heterocycles. The maximum atomic E-state index is 13.6. The molecule has 0 saturated carbocycles. The van der Waals surface area contributed by atoms with E-state index in [1.54, 1.807) is 17.8 Å². The van der Waals surface area contributed by atoms with Gasteiger partial charge >= 0.3 is 0 Å². The molecule has 6 heteroatoms. The van der Waals surface area contributed by atoms with E-state index < -0.39 is 5.72 Å². The smallest absolute Gasteiger partial charge is 0.188 e. The second-order valence-electron chi connectivity index (χ2n) is 6.20. The molecular weight excluding hydrogens is 343 g/mol. The average molecular weight is 360 g/mol. The number of ether oxygens (including phenoxy) is 1. The lowest BCUT2D eigenvalue weighted by molar-refractivity contribution is 0.0495. The number of hydrogen-bond donors (Lipinski definition) is 1. The number of thioether (sulfide) groups is 1. The van der Waals surface area contributed by atoms with Crippen LogP contribution in [0.5, 0.6) is 5.75 Å². The van der Waals surface area contributed by atoms with Gasteiger partial charge in [0.25, 0.3) is 0 Å². The molecule has 2 aromatic carbocycles. The number of halogens is 1. The van der Waals surface area contributed by atoms with E-state index in [-0.39, 0.29) is 11.9 Å². The number of benzene rings is 2. The average Bonchev–Trinajstić information content (AvgIpc) is 2.55. The monoisotopic (exact) mass is 360 g/mol. The molecule has 0 aromatic heterocycles. The molecule has 0 amide bonds. The maximum absolute atomic E-state index is 13.6. The van der Waals surface area contributed by atoms with E-state index in [0.29, 0.717) is 17.3 Å². The number of thiocarbonyl (C=S) groups is 1. The van der Waals surface area contributed by atoms with Gasteiger partial charge in [0.1, 0.15) is 11.6 Å². The van der Waals surface area contributed by atoms with E-state index >= 15 is 0 Å². The highest BCUT2D eigenvalue weighted by Gasteiger charge is 2.48. The summed E-state index contributed by atoms with van der Waals surface area (Å²) in [5.41, 5.74) is 1.22. The third kappa shape index (κ3) is 2.45. The van der Waals surface area contributed by atoms with Crippen LogP contribution in [0.3, 0.4) is 0 Å². The Bertz CT molecular complexity index is 828. The lowest BCUT2D eigenvalue weighted by atomic mass is 9.90. The summed E-state index contributed by atoms with van der Waals surface area (Å²) in [6.07, 6.45) is 2.73. The highest BCUT2D eigenvalue weighted by molar-refractivity contribution is 7.98. The van der Waals surface area contributed by atoms with Crippen LogP contribution >= 0.6 is 24.0 Å². The van der Waals surface area contributed by atoms with Crippen molar-refractivity contribution >= 4 is 34.8 Å². The molecule has 0 spiro atoms. The van der Waals surface area contributed by atoms with Crippen molar-refractivity contribution in [2.45, 2.75) is 30.0 Å². The van der Waals surface area contributed by atoms with Gasteiger partial charge in [0.05, 0.1) is 6.04 Å². The van der Waals surface area contributed by atoms with Gasteiger partial charge < -0.3 is 10.1 Å². The highest BCUT2D eigenvalue weighted by atomic mass is 32.2. The Morgan fingerprint density at radius 1 is 1.33 bits per heavy atom. The quantitative estimate of drug-likeness (QED) is 0.629. The van der Waals surface area contributed by atoms with Gasteiger partial charge in [-0.05, 0) is 61.8 Å². The summed E-state index contributed by atoms with van der Waals surface area (Å²) in [6.45, 7) is 2.03. The Balaban J connectivity index is 1.79. The van der Waals surface area contributed by atoms with E-state index in [2.05, 4.69) is 17.4 Å². The minimum Gasteiger partial charge on any atom is -0.467 e. The number of hydrogen-bond acceptors (Lipinski definition) is 3. The molecule has 2 aliphatic rings. The zero-order valence-corrected chi connectivity index (χ0v) is 15.0. The van der Waals surface area contributed by atoms with Crippen molar-refractivity contribution in [3.05, 3.63) is 53.8 Å². The van der Waals surface area contributed by atoms with E-state index in [4.69, 9.17) is 17.0 Å². The van der Waals surface area contributed by atoms with Gasteiger partial charge in [-0.2, -0.15) is 0 Å². The fraction of sp³-hybridized carbons (Fsp3) is 0.278. The lowest BCUT2D eigenvalue weighted by Crippen LogP contribution is -2.65. The summed E-state index contributed by atoms with van der Waals surface area (Å²) in [4.78, 5) is 3.18. The normalized spacial score (nSPS) is 24.9. The molecule has 24 heavy (non-hydrogen) atoms. The topological polar surface area (TPSA) is 24.5 Å². The zero-order valence-electron chi connectivity index (χ0n) is 13.4. The summed E-state index contributed by atoms with van der Waals surface area (Å²) >= 11 is 7.30. The van der Waals surface area contributed by atoms with Crippen molar-refractivity contribution in [2.24, 2.45) is 0 Å². The molecule has 124 valence electrons. The molecule has 2 unspecified atom stereocenters. The van der Waals surface area contributed by atoms with E-state index in [0.717, 1.165) is 11.3 Å². The second kappa shape index (κ2) is 5.63. The highest BCUT2D eigenvalue weighted by Crippen LogP contribution is 2.45. The minimum atomic E-state index is -0.602. The number of nitrogens with zero attached hydrogens (tertiary/aromatic N) is 1. The number of nitrogens with one attached hydrogen (secondary N) is 1. The van der Waals surface area contributed by atoms with E-state index in [1.807, 2.05) is 30.2 Å². The van der Waals surface area contributed by atoms with Crippen LogP contribution in [0, 0.1) is 5.82 Å². The first-order valence-electron chi connectivity index (χ1n) is 7.73. The Morgan fingerprint density at radius 2 is 2.17 bits per heavy atom. The van der Waals surface area contributed by atoms with Crippen molar-refractivity contribution in [1.82, 2.24) is 5.32 Å². The Hall–Kier alpha value is -1.79. The van der Waals surface area contributed by atoms with Gasteiger partial charge in [0.15, 0.2) is 10.8 Å². The summed E-state index contributed by atoms with van der Waals surface area (Å²) in [5, 5.41) is 3.95. The van der Waals surface area contributed by atoms with Gasteiger partial charge in [-0.25, -0.2) is 4.39 Å². The molecule has 1 saturated heterocycles. The van der Waals surface area contributed by atoms with Gasteiger partial charge in [-0.1, -0.05) is 6.07 Å². The van der Waals surface area contributed by atoms with Crippen molar-refractivity contribution < 1.29 is 9.13 Å². The molecule has 2 aromatic rings. The standard InChI is InChI=1S/C18H17FN2OS2/c1-18-10-15(14-8-11(19)6-7-16(14)22-18)20-17(23)21(18)12-4-3-5-13(9-12)24-2/h3-9,15H,10H2,1-2H3,(H,20,23). The van der Waals surface area contributed by atoms with E-state index in [1.165, 1.54) is 17.0 Å². The van der Waals surface area contributed by atoms with Crippen LogP contribution in [0.15, 0.2) is 47.4 Å². The molecule has 3 nitrogen and oxygen atoms in total. The van der Waals surface area contributed by atoms with Crippen LogP contribution in [-0.2, 0) is 0 Å². The van der Waals surface area contributed by atoms with Crippen molar-refractivity contribution in [2.75, 3.05) is 11.2 Å². The van der Waals surface area contributed by atoms with Crippen LogP contribution < -0.4 is 15.0 Å². The largest absolute Gasteiger partial charge is 0.467 e. The van der Waals surface area contributed by atoms with Gasteiger partial charge in [0, 0.05) is 22.6 Å². The summed E-state index contributed by atoms with van der Waals surface area (Å²) in [5.74, 6) is 0.444. The zero-order chi connectivity index (χ0) is 16.9. The minimum absolute atomic E-state index is 0.0399. The summed E-state index contributed by atoms with van der Waals surface area (Å²) in [7, 11) is 0. The van der Waals surface area contributed by atoms with Crippen LogP contribution in [0.25, 0.3) is 0 Å². The Morgan fingerprint density at radius 3 is 2.96 bits per heavy atom. The van der Waals surface area contributed by atoms with Crippen molar-refractivity contribution in [3.63, 3.8) is 0 Å². The molecule has 0 aliphatic carbocycles. The SMILES string of the molecule is CSc1cccc(N2C(=S)NC3CC2(C)Oc2ccc(F)cc23)c1. The van der Waals surface area contributed by atoms with Crippen LogP contribution in [0.1, 0.15) is 24.9 Å². The van der Waals surface area contributed by atoms with Crippen LogP contribution in [-0.4, -0.2) is 17.1 Å². The molecule has 1 N–H and O–H groups in total. The van der Waals surface area contributed by atoms with Crippen LogP contribution in [0.2, 0.25) is 0 Å². The molecule has 2 aliphatic heterocycles. The van der Waals surface area contributed by atoms with Gasteiger partial charge in [-0.15, -0.1) is 11.8 Å². The first-order valence-corrected chi connectivity index (χ1v) is 9.37. The predicted molar refractivity (Wildman–Crippen MR) is 99.2 cm³/mol. The fourth-order valence-corrected chi connectivity index (χ4v) is 4.38. The summed E-state index contributed by atoms with van der Waals surface area (Å²) in [6, 6.07) is 12.8. The molecule has 1 fully saturated rings. The lowest BCUT2D eigenvalue weighted by Gasteiger charge is -2.52. The summed E-state index contributed by atoms with van der Waals surface area (Å²) < 4.78 is 19.9. The first kappa shape index (κ1) is 15.7. The molecular formula is C18H17FN2OS2. The Labute approximate surface area is 150 Å². The van der Waals surface area contributed by atoms with Crippen molar-refractivity contribution in [1.29, 1.82) is 0 Å². The predicted octanol–water partition coefficient (Wildman–Crippen LogP) is 4.48. The molecule has 4 rings (SSSR count). The maximum Gasteiger partial charge on any atom is 0.188 e. The number of rotatable bonds is 2. The third-order valence-electron chi connectivity index (χ3n) is 4.55. The fourth-order valence-electron chi connectivity index (χ4n) is 3.49. The molecule has 2 bridgehead atoms. The Kier molecular flexibility index (Phi) is 3.69. The van der Waals surface area contributed by atoms with Crippen LogP contribution in [0.4, 0.5) is 10.1 Å². The third-order valence-corrected chi connectivity index (χ3v) is 5.57. The van der Waals surface area contributed by atoms with Gasteiger partial charge in [-0.3, -0.25) is 4.90 Å². The number of fused-ring (bicyclic) bond motifs is 4. The van der Waals surface area contributed by atoms with Gasteiger partial charge in [0.2, 0.25) is 0 Å². The second-order valence-corrected chi connectivity index (χ2v) is 7.47. The number of anilines is 1. The molecule has 2 atom stereocenters.